The Kier molecular flexibility index (Phi) is 7.19. The van der Waals surface area contributed by atoms with E-state index >= 15 is 0 Å². The van der Waals surface area contributed by atoms with Crippen molar-refractivity contribution in [1.29, 1.82) is 0 Å². The van der Waals surface area contributed by atoms with Crippen LogP contribution in [-0.2, 0) is 0 Å². The summed E-state index contributed by atoms with van der Waals surface area (Å²) >= 11 is 0. The molecule has 0 bridgehead atoms. The van der Waals surface area contributed by atoms with Crippen LogP contribution in [0.1, 0.15) is 84.0 Å². The molecule has 2 heteroatoms. The average molecular weight is 298 g/mol. The Balaban J connectivity index is 1.64. The lowest BCUT2D eigenvalue weighted by atomic mass is 9.68. The highest BCUT2D eigenvalue weighted by molar-refractivity contribution is 4.85. The number of halogens is 2. The third-order valence-electron chi connectivity index (χ3n) is 6.02. The first-order valence-electron chi connectivity index (χ1n) is 9.20. The molecule has 2 aliphatic carbocycles. The van der Waals surface area contributed by atoms with E-state index < -0.39 is 6.08 Å². The van der Waals surface area contributed by atoms with E-state index in [4.69, 9.17) is 0 Å². The molecule has 2 fully saturated rings. The minimum absolute atomic E-state index is 0.569. The molecule has 0 radical (unpaired) electrons. The van der Waals surface area contributed by atoms with Gasteiger partial charge in [0.1, 0.15) is 0 Å². The van der Waals surface area contributed by atoms with Crippen LogP contribution in [0.15, 0.2) is 12.2 Å². The van der Waals surface area contributed by atoms with E-state index in [1.807, 2.05) is 0 Å². The smallest absolute Gasteiger partial charge is 0.174 e. The van der Waals surface area contributed by atoms with Crippen LogP contribution in [0.5, 0.6) is 0 Å². The summed E-state index contributed by atoms with van der Waals surface area (Å²) in [5.74, 6) is 3.62. The predicted molar refractivity (Wildman–Crippen MR) is 85.3 cm³/mol. The maximum atomic E-state index is 12.0. The van der Waals surface area contributed by atoms with E-state index in [2.05, 4.69) is 6.92 Å². The molecule has 0 aromatic carbocycles. The second kappa shape index (κ2) is 8.90. The highest BCUT2D eigenvalue weighted by Gasteiger charge is 2.30. The summed E-state index contributed by atoms with van der Waals surface area (Å²) in [5, 5.41) is 0. The zero-order chi connectivity index (χ0) is 15.1. The van der Waals surface area contributed by atoms with E-state index in [1.54, 1.807) is 0 Å². The third-order valence-corrected chi connectivity index (χ3v) is 6.02. The van der Waals surface area contributed by atoms with Crippen LogP contribution in [-0.4, -0.2) is 0 Å². The molecular formula is C19H32F2. The molecule has 0 heterocycles. The lowest BCUT2D eigenvalue weighted by Crippen LogP contribution is -2.25. The van der Waals surface area contributed by atoms with Gasteiger partial charge in [-0.15, -0.1) is 0 Å². The number of allylic oxidation sites excluding steroid dienone is 1. The van der Waals surface area contributed by atoms with Crippen molar-refractivity contribution >= 4 is 0 Å². The van der Waals surface area contributed by atoms with Gasteiger partial charge in [0.15, 0.2) is 0 Å². The zero-order valence-corrected chi connectivity index (χ0v) is 13.6. The van der Waals surface area contributed by atoms with Crippen molar-refractivity contribution in [2.75, 3.05) is 0 Å². The average Bonchev–Trinajstić information content (AvgIpc) is 2.49. The molecule has 21 heavy (non-hydrogen) atoms. The quantitative estimate of drug-likeness (QED) is 0.497. The van der Waals surface area contributed by atoms with E-state index in [0.717, 1.165) is 30.3 Å². The molecular weight excluding hydrogens is 266 g/mol. The second-order valence-electron chi connectivity index (χ2n) is 7.42. The van der Waals surface area contributed by atoms with Crippen LogP contribution < -0.4 is 0 Å². The van der Waals surface area contributed by atoms with Crippen LogP contribution in [0, 0.1) is 23.7 Å². The van der Waals surface area contributed by atoms with Gasteiger partial charge in [-0.05, 0) is 68.3 Å². The number of hydrogen-bond acceptors (Lipinski definition) is 0. The second-order valence-corrected chi connectivity index (χ2v) is 7.42. The van der Waals surface area contributed by atoms with Crippen LogP contribution in [0.3, 0.4) is 0 Å². The summed E-state index contributed by atoms with van der Waals surface area (Å²) in [6.07, 6.45) is 15.0. The van der Waals surface area contributed by atoms with Gasteiger partial charge in [-0.2, -0.15) is 8.78 Å². The summed E-state index contributed by atoms with van der Waals surface area (Å²) in [7, 11) is 0. The van der Waals surface area contributed by atoms with Gasteiger partial charge in [0.25, 0.3) is 6.08 Å². The molecule has 0 saturated heterocycles. The van der Waals surface area contributed by atoms with Gasteiger partial charge < -0.3 is 0 Å². The molecule has 2 aliphatic rings. The van der Waals surface area contributed by atoms with E-state index in [-0.39, 0.29) is 0 Å². The van der Waals surface area contributed by atoms with Crippen LogP contribution in [0.2, 0.25) is 0 Å². The van der Waals surface area contributed by atoms with Crippen molar-refractivity contribution in [2.45, 2.75) is 84.0 Å². The maximum absolute atomic E-state index is 12.0. The minimum Gasteiger partial charge on any atom is -0.174 e. The Morgan fingerprint density at radius 1 is 0.810 bits per heavy atom. The van der Waals surface area contributed by atoms with Crippen LogP contribution >= 0.6 is 0 Å². The summed E-state index contributed by atoms with van der Waals surface area (Å²) in [5.41, 5.74) is 0. The molecule has 0 aromatic rings. The van der Waals surface area contributed by atoms with Gasteiger partial charge in [0.05, 0.1) is 0 Å². The van der Waals surface area contributed by atoms with Gasteiger partial charge in [-0.3, -0.25) is 0 Å². The molecule has 0 atom stereocenters. The molecule has 0 nitrogen and oxygen atoms in total. The van der Waals surface area contributed by atoms with Gasteiger partial charge in [-0.25, -0.2) is 0 Å². The van der Waals surface area contributed by atoms with Gasteiger partial charge in [0, 0.05) is 0 Å². The highest BCUT2D eigenvalue weighted by Crippen LogP contribution is 2.42. The molecule has 0 amide bonds. The Labute approximate surface area is 129 Å². The van der Waals surface area contributed by atoms with Gasteiger partial charge in [0.2, 0.25) is 0 Å². The first-order valence-corrected chi connectivity index (χ1v) is 9.20. The summed E-state index contributed by atoms with van der Waals surface area (Å²) in [6.45, 7) is 2.30. The summed E-state index contributed by atoms with van der Waals surface area (Å²) in [4.78, 5) is 0. The largest absolute Gasteiger partial charge is 0.266 e. The molecule has 122 valence electrons. The SMILES string of the molecule is CCC[C@H]1CC[C@H]([C@H]2CC[C@H](CCC=C(F)F)CC2)CC1. The molecule has 2 saturated carbocycles. The first-order chi connectivity index (χ1) is 10.2. The van der Waals surface area contributed by atoms with Crippen LogP contribution in [0.25, 0.3) is 0 Å². The number of rotatable bonds is 6. The maximum Gasteiger partial charge on any atom is 0.266 e. The lowest BCUT2D eigenvalue weighted by molar-refractivity contribution is 0.141. The fourth-order valence-electron chi connectivity index (χ4n) is 4.73. The first kappa shape index (κ1) is 17.0. The molecule has 0 aliphatic heterocycles. The lowest BCUT2D eigenvalue weighted by Gasteiger charge is -2.38. The van der Waals surface area contributed by atoms with E-state index in [1.165, 1.54) is 64.2 Å². The fourth-order valence-corrected chi connectivity index (χ4v) is 4.73. The topological polar surface area (TPSA) is 0 Å². The number of hydrogen-bond donors (Lipinski definition) is 0. The Hall–Kier alpha value is -0.400. The van der Waals surface area contributed by atoms with Crippen molar-refractivity contribution in [3.05, 3.63) is 12.2 Å². The Morgan fingerprint density at radius 2 is 1.29 bits per heavy atom. The van der Waals surface area contributed by atoms with Crippen molar-refractivity contribution in [3.8, 4) is 0 Å². The van der Waals surface area contributed by atoms with Gasteiger partial charge >= 0.3 is 0 Å². The molecule has 2 rings (SSSR count). The Morgan fingerprint density at radius 3 is 1.71 bits per heavy atom. The summed E-state index contributed by atoms with van der Waals surface area (Å²) < 4.78 is 24.1. The Bertz CT molecular complexity index is 304. The normalized spacial score (nSPS) is 33.7. The molecule has 0 spiro atoms. The van der Waals surface area contributed by atoms with Crippen molar-refractivity contribution in [2.24, 2.45) is 23.7 Å². The van der Waals surface area contributed by atoms with E-state index in [0.29, 0.717) is 12.3 Å². The molecule has 0 aromatic heterocycles. The fraction of sp³-hybridized carbons (Fsp3) is 0.895. The van der Waals surface area contributed by atoms with Crippen molar-refractivity contribution < 1.29 is 8.78 Å². The van der Waals surface area contributed by atoms with Crippen LogP contribution in [0.4, 0.5) is 8.78 Å². The zero-order valence-electron chi connectivity index (χ0n) is 13.6. The molecule has 0 N–H and O–H groups in total. The molecule has 0 unspecified atom stereocenters. The van der Waals surface area contributed by atoms with Crippen molar-refractivity contribution in [3.63, 3.8) is 0 Å². The third kappa shape index (κ3) is 5.71. The predicted octanol–water partition coefficient (Wildman–Crippen LogP) is 6.96. The minimum atomic E-state index is -1.51. The standard InChI is InChI=1S/C19H32F2/c1-2-4-15-7-11-17(12-8-15)18-13-9-16(10-14-18)5-3-6-19(20)21/h6,15-18H,2-5,7-14H2,1H3/t15-,16-,17-,18-. The van der Waals surface area contributed by atoms with Crippen molar-refractivity contribution in [1.82, 2.24) is 0 Å². The van der Waals surface area contributed by atoms with E-state index in [9.17, 15) is 8.78 Å². The monoisotopic (exact) mass is 298 g/mol. The van der Waals surface area contributed by atoms with Gasteiger partial charge in [-0.1, -0.05) is 45.4 Å². The highest BCUT2D eigenvalue weighted by atomic mass is 19.3. The summed E-state index contributed by atoms with van der Waals surface area (Å²) in [6, 6.07) is 0.